The van der Waals surface area contributed by atoms with Crippen LogP contribution >= 0.6 is 0 Å². The van der Waals surface area contributed by atoms with E-state index in [1.54, 1.807) is 6.07 Å². The number of ether oxygens (including phenoxy) is 2. The molecule has 0 heterocycles. The number of fused-ring (bicyclic) bond motifs is 3. The summed E-state index contributed by atoms with van der Waals surface area (Å²) in [6.07, 6.45) is 0.638. The number of imide groups is 1. The molecule has 0 aromatic heterocycles. The standard InChI is InChI=1S/C21H23NO4/c1-3-12-25-20(23)22(21(24)26-13-4-2)19-11-7-10-17-16-9-6-5-8-15(16)14-18(17)19/h5-11H,3-4,12-14H2,1-2H3. The molecule has 0 spiro atoms. The van der Waals surface area contributed by atoms with Crippen molar-refractivity contribution in [1.82, 2.24) is 0 Å². The van der Waals surface area contributed by atoms with Crippen LogP contribution in [0.25, 0.3) is 11.1 Å². The van der Waals surface area contributed by atoms with Crippen LogP contribution < -0.4 is 4.90 Å². The topological polar surface area (TPSA) is 55.8 Å². The van der Waals surface area contributed by atoms with E-state index in [0.29, 0.717) is 24.9 Å². The molecule has 0 saturated heterocycles. The molecule has 0 N–H and O–H groups in total. The number of hydrogen-bond acceptors (Lipinski definition) is 4. The van der Waals surface area contributed by atoms with Gasteiger partial charge in [0.1, 0.15) is 0 Å². The molecule has 136 valence electrons. The first-order valence-electron chi connectivity index (χ1n) is 9.01. The third kappa shape index (κ3) is 3.43. The van der Waals surface area contributed by atoms with Crippen molar-refractivity contribution >= 4 is 17.9 Å². The first-order chi connectivity index (χ1) is 12.7. The highest BCUT2D eigenvalue weighted by atomic mass is 16.6. The summed E-state index contributed by atoms with van der Waals surface area (Å²) in [6, 6.07) is 13.7. The molecule has 0 bridgehead atoms. The highest BCUT2D eigenvalue weighted by Crippen LogP contribution is 2.41. The van der Waals surface area contributed by atoms with Crippen LogP contribution in [0.5, 0.6) is 0 Å². The summed E-state index contributed by atoms with van der Waals surface area (Å²) in [4.78, 5) is 26.2. The zero-order valence-electron chi connectivity index (χ0n) is 15.2. The van der Waals surface area contributed by atoms with Crippen LogP contribution in [-0.2, 0) is 15.9 Å². The summed E-state index contributed by atoms with van der Waals surface area (Å²) in [5.74, 6) is 0. The molecule has 5 nitrogen and oxygen atoms in total. The van der Waals surface area contributed by atoms with Gasteiger partial charge in [0.2, 0.25) is 0 Å². The Morgan fingerprint density at radius 2 is 1.50 bits per heavy atom. The molecular formula is C21H23NO4. The maximum atomic E-state index is 12.6. The van der Waals surface area contributed by atoms with Gasteiger partial charge in [-0.15, -0.1) is 0 Å². The predicted molar refractivity (Wildman–Crippen MR) is 100 cm³/mol. The SMILES string of the molecule is CCCOC(=O)N(C(=O)OCCC)c1cccc2c1Cc1ccccc1-2. The molecule has 0 atom stereocenters. The molecule has 5 heteroatoms. The van der Waals surface area contributed by atoms with Gasteiger partial charge >= 0.3 is 12.2 Å². The monoisotopic (exact) mass is 353 g/mol. The molecule has 3 rings (SSSR count). The zero-order valence-corrected chi connectivity index (χ0v) is 15.2. The van der Waals surface area contributed by atoms with Crippen molar-refractivity contribution in [3.05, 3.63) is 53.6 Å². The number of carbonyl (C=O) groups excluding carboxylic acids is 2. The Labute approximate surface area is 153 Å². The van der Waals surface area contributed by atoms with Crippen LogP contribution in [0.4, 0.5) is 15.3 Å². The Balaban J connectivity index is 2.00. The quantitative estimate of drug-likeness (QED) is 0.636. The summed E-state index contributed by atoms with van der Waals surface area (Å²) in [7, 11) is 0. The number of benzene rings is 2. The molecule has 0 aliphatic heterocycles. The fraction of sp³-hybridized carbons (Fsp3) is 0.333. The minimum Gasteiger partial charge on any atom is -0.449 e. The molecular weight excluding hydrogens is 330 g/mol. The van der Waals surface area contributed by atoms with Gasteiger partial charge in [0.15, 0.2) is 0 Å². The van der Waals surface area contributed by atoms with Gasteiger partial charge in [0.25, 0.3) is 0 Å². The normalized spacial score (nSPS) is 11.5. The van der Waals surface area contributed by atoms with Gasteiger partial charge in [0, 0.05) is 6.42 Å². The molecule has 0 radical (unpaired) electrons. The van der Waals surface area contributed by atoms with E-state index in [1.807, 2.05) is 38.1 Å². The van der Waals surface area contributed by atoms with Crippen LogP contribution in [0.1, 0.15) is 37.8 Å². The average molecular weight is 353 g/mol. The van der Waals surface area contributed by atoms with Gasteiger partial charge in [-0.2, -0.15) is 4.90 Å². The van der Waals surface area contributed by atoms with E-state index in [-0.39, 0.29) is 13.2 Å². The number of anilines is 1. The van der Waals surface area contributed by atoms with E-state index >= 15 is 0 Å². The van der Waals surface area contributed by atoms with E-state index in [9.17, 15) is 9.59 Å². The van der Waals surface area contributed by atoms with Crippen molar-refractivity contribution in [2.75, 3.05) is 18.1 Å². The number of nitrogens with zero attached hydrogens (tertiary/aromatic N) is 1. The maximum Gasteiger partial charge on any atom is 0.424 e. The van der Waals surface area contributed by atoms with Crippen LogP contribution in [0.3, 0.4) is 0 Å². The first kappa shape index (κ1) is 18.0. The van der Waals surface area contributed by atoms with Gasteiger partial charge < -0.3 is 9.47 Å². The molecule has 2 aromatic rings. The zero-order chi connectivity index (χ0) is 18.5. The minimum absolute atomic E-state index is 0.256. The van der Waals surface area contributed by atoms with Crippen molar-refractivity contribution in [2.24, 2.45) is 0 Å². The number of hydrogen-bond donors (Lipinski definition) is 0. The predicted octanol–water partition coefficient (Wildman–Crippen LogP) is 5.16. The third-order valence-electron chi connectivity index (χ3n) is 4.29. The van der Waals surface area contributed by atoms with E-state index in [4.69, 9.17) is 9.47 Å². The molecule has 2 amide bonds. The Kier molecular flexibility index (Phi) is 5.56. The van der Waals surface area contributed by atoms with Crippen molar-refractivity contribution in [1.29, 1.82) is 0 Å². The molecule has 0 fully saturated rings. The lowest BCUT2D eigenvalue weighted by Crippen LogP contribution is -2.38. The van der Waals surface area contributed by atoms with Gasteiger partial charge in [-0.1, -0.05) is 50.2 Å². The Morgan fingerprint density at radius 1 is 0.885 bits per heavy atom. The second kappa shape index (κ2) is 8.04. The summed E-state index contributed by atoms with van der Waals surface area (Å²) in [5.41, 5.74) is 4.82. The summed E-state index contributed by atoms with van der Waals surface area (Å²) < 4.78 is 10.5. The van der Waals surface area contributed by atoms with Crippen LogP contribution in [0.15, 0.2) is 42.5 Å². The second-order valence-corrected chi connectivity index (χ2v) is 6.20. The Bertz CT molecular complexity index is 795. The van der Waals surface area contributed by atoms with Crippen LogP contribution in [0, 0.1) is 0 Å². The highest BCUT2D eigenvalue weighted by Gasteiger charge is 2.31. The Morgan fingerprint density at radius 3 is 2.15 bits per heavy atom. The summed E-state index contributed by atoms with van der Waals surface area (Å²) >= 11 is 0. The largest absolute Gasteiger partial charge is 0.449 e. The lowest BCUT2D eigenvalue weighted by molar-refractivity contribution is 0.134. The molecule has 2 aromatic carbocycles. The lowest BCUT2D eigenvalue weighted by Gasteiger charge is -2.22. The minimum atomic E-state index is -0.697. The van der Waals surface area contributed by atoms with Gasteiger partial charge in [-0.3, -0.25) is 0 Å². The first-order valence-corrected chi connectivity index (χ1v) is 9.01. The number of carbonyl (C=O) groups is 2. The summed E-state index contributed by atoms with van der Waals surface area (Å²) in [5, 5.41) is 0. The molecule has 1 aliphatic rings. The van der Waals surface area contributed by atoms with E-state index in [1.165, 1.54) is 5.56 Å². The number of amides is 2. The summed E-state index contributed by atoms with van der Waals surface area (Å²) in [6.45, 7) is 4.32. The second-order valence-electron chi connectivity index (χ2n) is 6.20. The highest BCUT2D eigenvalue weighted by molar-refractivity contribution is 6.10. The smallest absolute Gasteiger partial charge is 0.424 e. The van der Waals surface area contributed by atoms with Crippen molar-refractivity contribution in [2.45, 2.75) is 33.1 Å². The van der Waals surface area contributed by atoms with E-state index in [0.717, 1.165) is 21.6 Å². The third-order valence-corrected chi connectivity index (χ3v) is 4.29. The molecule has 26 heavy (non-hydrogen) atoms. The van der Waals surface area contributed by atoms with Crippen LogP contribution in [-0.4, -0.2) is 25.4 Å². The van der Waals surface area contributed by atoms with Gasteiger partial charge in [-0.25, -0.2) is 9.59 Å². The molecule has 0 unspecified atom stereocenters. The van der Waals surface area contributed by atoms with Crippen molar-refractivity contribution < 1.29 is 19.1 Å². The molecule has 0 saturated carbocycles. The van der Waals surface area contributed by atoms with E-state index in [2.05, 4.69) is 12.1 Å². The molecule has 1 aliphatic carbocycles. The van der Waals surface area contributed by atoms with Crippen molar-refractivity contribution in [3.63, 3.8) is 0 Å². The Hall–Kier alpha value is -2.82. The number of rotatable bonds is 5. The fourth-order valence-electron chi connectivity index (χ4n) is 3.13. The van der Waals surface area contributed by atoms with Crippen LogP contribution in [0.2, 0.25) is 0 Å². The van der Waals surface area contributed by atoms with Gasteiger partial charge in [-0.05, 0) is 41.2 Å². The lowest BCUT2D eigenvalue weighted by atomic mass is 10.0. The maximum absolute atomic E-state index is 12.6. The fourth-order valence-corrected chi connectivity index (χ4v) is 3.13. The van der Waals surface area contributed by atoms with E-state index < -0.39 is 12.2 Å². The van der Waals surface area contributed by atoms with Crippen molar-refractivity contribution in [3.8, 4) is 11.1 Å². The van der Waals surface area contributed by atoms with Gasteiger partial charge in [0.05, 0.1) is 18.9 Å². The average Bonchev–Trinajstić information content (AvgIpc) is 3.04.